The number of terminal acetylenes is 1. The van der Waals surface area contributed by atoms with Crippen LogP contribution in [0.2, 0.25) is 0 Å². The molecule has 0 aliphatic carbocycles. The Kier molecular flexibility index (Phi) is 10.8. The molecule has 1 aromatic rings. The molecule has 1 amide bonds. The maximum atomic E-state index is 11.9. The molecule has 0 bridgehead atoms. The molecule has 0 radical (unpaired) electrons. The molecule has 0 saturated carbocycles. The molecule has 26 heavy (non-hydrogen) atoms. The summed E-state index contributed by atoms with van der Waals surface area (Å²) in [4.78, 5) is 16.2. The first kappa shape index (κ1) is 24.1. The fourth-order valence-electron chi connectivity index (χ4n) is 1.91. The minimum Gasteiger partial charge on any atom is -0.491 e. The molecule has 1 rings (SSSR count). The molecule has 7 heteroatoms. The number of aliphatic imine (C=N–C) groups is 1. The van der Waals surface area contributed by atoms with Gasteiger partial charge in [-0.05, 0) is 58.9 Å². The zero-order valence-corrected chi connectivity index (χ0v) is 18.4. The van der Waals surface area contributed by atoms with Crippen LogP contribution in [0.4, 0.5) is 5.69 Å². The lowest BCUT2D eigenvalue weighted by Crippen LogP contribution is -2.42. The molecule has 0 heterocycles. The Morgan fingerprint density at radius 1 is 1.27 bits per heavy atom. The van der Waals surface area contributed by atoms with Crippen LogP contribution in [-0.4, -0.2) is 36.6 Å². The summed E-state index contributed by atoms with van der Waals surface area (Å²) in [6, 6.07) is 7.49. The van der Waals surface area contributed by atoms with Crippen LogP contribution in [-0.2, 0) is 4.79 Å². The van der Waals surface area contributed by atoms with Crippen LogP contribution < -0.4 is 20.7 Å². The summed E-state index contributed by atoms with van der Waals surface area (Å²) in [6.07, 6.45) is 5.40. The van der Waals surface area contributed by atoms with E-state index in [9.17, 15) is 4.79 Å². The molecule has 0 fully saturated rings. The Balaban J connectivity index is 0.00000625. The first-order chi connectivity index (χ1) is 11.7. The maximum Gasteiger partial charge on any atom is 0.242 e. The average molecular weight is 472 g/mol. The predicted molar refractivity (Wildman–Crippen MR) is 118 cm³/mol. The van der Waals surface area contributed by atoms with Gasteiger partial charge >= 0.3 is 0 Å². The van der Waals surface area contributed by atoms with Crippen molar-refractivity contribution in [3.8, 4) is 18.1 Å². The van der Waals surface area contributed by atoms with E-state index in [0.29, 0.717) is 12.5 Å². The maximum absolute atomic E-state index is 11.9. The highest BCUT2D eigenvalue weighted by atomic mass is 127. The van der Waals surface area contributed by atoms with E-state index >= 15 is 0 Å². The summed E-state index contributed by atoms with van der Waals surface area (Å²) in [5, 5.41) is 8.96. The van der Waals surface area contributed by atoms with E-state index in [4.69, 9.17) is 11.2 Å². The average Bonchev–Trinajstić information content (AvgIpc) is 2.49. The van der Waals surface area contributed by atoms with Crippen LogP contribution in [0.1, 0.15) is 34.6 Å². The van der Waals surface area contributed by atoms with Gasteiger partial charge in [0.2, 0.25) is 5.91 Å². The minimum atomic E-state index is -0.293. The molecule has 144 valence electrons. The number of carbonyl (C=O) groups excluding carboxylic acids is 1. The molecule has 1 aromatic carbocycles. The largest absolute Gasteiger partial charge is 0.491 e. The number of hydrogen-bond donors (Lipinski definition) is 3. The predicted octanol–water partition coefficient (Wildman–Crippen LogP) is 3.00. The fourth-order valence-corrected chi connectivity index (χ4v) is 1.91. The molecule has 0 spiro atoms. The van der Waals surface area contributed by atoms with E-state index in [1.54, 1.807) is 0 Å². The van der Waals surface area contributed by atoms with Gasteiger partial charge < -0.3 is 20.7 Å². The standard InChI is InChI=1S/C19H28N4O2.HI/c1-7-12-20-18(21-13-17(24)23-19(4,5)6)22-15-8-10-16(11-9-15)25-14(2)3;/h1,8-11,14H,12-13H2,2-6H3,(H,23,24)(H2,20,21,22);1H. The van der Waals surface area contributed by atoms with Crippen molar-refractivity contribution >= 4 is 41.5 Å². The van der Waals surface area contributed by atoms with Crippen molar-refractivity contribution in [3.63, 3.8) is 0 Å². The van der Waals surface area contributed by atoms with Crippen LogP contribution in [0.25, 0.3) is 0 Å². The van der Waals surface area contributed by atoms with Crippen molar-refractivity contribution in [2.24, 2.45) is 4.99 Å². The van der Waals surface area contributed by atoms with E-state index in [2.05, 4.69) is 26.9 Å². The van der Waals surface area contributed by atoms with Gasteiger partial charge in [-0.3, -0.25) is 4.79 Å². The highest BCUT2D eigenvalue weighted by Gasteiger charge is 2.13. The Morgan fingerprint density at radius 2 is 1.88 bits per heavy atom. The molecule has 0 aliphatic rings. The number of amides is 1. The van der Waals surface area contributed by atoms with Gasteiger partial charge in [0.1, 0.15) is 12.3 Å². The molecule has 3 N–H and O–H groups in total. The van der Waals surface area contributed by atoms with Gasteiger partial charge in [-0.1, -0.05) is 5.92 Å². The van der Waals surface area contributed by atoms with Gasteiger partial charge in [-0.25, -0.2) is 4.99 Å². The molecule has 0 saturated heterocycles. The van der Waals surface area contributed by atoms with Gasteiger partial charge in [0, 0.05) is 11.2 Å². The number of nitrogens with zero attached hydrogens (tertiary/aromatic N) is 1. The van der Waals surface area contributed by atoms with Crippen molar-refractivity contribution in [2.45, 2.75) is 46.3 Å². The Labute approximate surface area is 173 Å². The van der Waals surface area contributed by atoms with Gasteiger partial charge in [0.05, 0.1) is 12.6 Å². The second-order valence-corrected chi connectivity index (χ2v) is 6.84. The number of rotatable bonds is 6. The van der Waals surface area contributed by atoms with E-state index in [1.807, 2.05) is 58.9 Å². The summed E-state index contributed by atoms with van der Waals surface area (Å²) in [5.74, 6) is 3.57. The number of halogens is 1. The number of nitrogens with one attached hydrogen (secondary N) is 3. The highest BCUT2D eigenvalue weighted by Crippen LogP contribution is 2.16. The summed E-state index contributed by atoms with van der Waals surface area (Å²) >= 11 is 0. The monoisotopic (exact) mass is 472 g/mol. The van der Waals surface area contributed by atoms with Gasteiger partial charge in [0.25, 0.3) is 0 Å². The zero-order valence-electron chi connectivity index (χ0n) is 16.1. The smallest absolute Gasteiger partial charge is 0.242 e. The van der Waals surface area contributed by atoms with Crippen molar-refractivity contribution < 1.29 is 9.53 Å². The third-order valence-corrected chi connectivity index (χ3v) is 2.74. The lowest BCUT2D eigenvalue weighted by molar-refractivity contribution is -0.121. The molecule has 0 aromatic heterocycles. The second kappa shape index (κ2) is 11.6. The minimum absolute atomic E-state index is 0. The number of carbonyl (C=O) groups is 1. The van der Waals surface area contributed by atoms with Crippen LogP contribution in [0.15, 0.2) is 29.3 Å². The quantitative estimate of drug-likeness (QED) is 0.258. The first-order valence-electron chi connectivity index (χ1n) is 8.26. The van der Waals surface area contributed by atoms with E-state index in [0.717, 1.165) is 11.4 Å². The summed E-state index contributed by atoms with van der Waals surface area (Å²) in [6.45, 7) is 10.0. The molecular formula is C19H29IN4O2. The summed E-state index contributed by atoms with van der Waals surface area (Å²) < 4.78 is 5.61. The first-order valence-corrected chi connectivity index (χ1v) is 8.26. The van der Waals surface area contributed by atoms with E-state index < -0.39 is 0 Å². The number of ether oxygens (including phenoxy) is 1. The normalized spacial score (nSPS) is 11.2. The molecule has 0 aliphatic heterocycles. The Morgan fingerprint density at radius 3 is 2.38 bits per heavy atom. The Bertz CT molecular complexity index is 628. The van der Waals surface area contributed by atoms with Crippen LogP contribution in [0, 0.1) is 12.3 Å². The SMILES string of the molecule is C#CCNC(=NCC(=O)NC(C)(C)C)Nc1ccc(OC(C)C)cc1.I. The molecule has 0 unspecified atom stereocenters. The van der Waals surface area contributed by atoms with Gasteiger partial charge in [0.15, 0.2) is 5.96 Å². The van der Waals surface area contributed by atoms with E-state index in [1.165, 1.54) is 0 Å². The topological polar surface area (TPSA) is 74.8 Å². The lowest BCUT2D eigenvalue weighted by atomic mass is 10.1. The number of anilines is 1. The van der Waals surface area contributed by atoms with Gasteiger partial charge in [-0.15, -0.1) is 30.4 Å². The number of benzene rings is 1. The molecular weight excluding hydrogens is 443 g/mol. The highest BCUT2D eigenvalue weighted by molar-refractivity contribution is 14.0. The van der Waals surface area contributed by atoms with Gasteiger partial charge in [-0.2, -0.15) is 0 Å². The lowest BCUT2D eigenvalue weighted by Gasteiger charge is -2.20. The summed E-state index contributed by atoms with van der Waals surface area (Å²) in [5.41, 5.74) is 0.522. The molecule has 0 atom stereocenters. The van der Waals surface area contributed by atoms with Crippen molar-refractivity contribution in [1.29, 1.82) is 0 Å². The Hall–Kier alpha value is -1.95. The van der Waals surface area contributed by atoms with Crippen molar-refractivity contribution in [3.05, 3.63) is 24.3 Å². The third-order valence-electron chi connectivity index (χ3n) is 2.74. The van der Waals surface area contributed by atoms with Crippen LogP contribution >= 0.6 is 24.0 Å². The van der Waals surface area contributed by atoms with Crippen LogP contribution in [0.5, 0.6) is 5.75 Å². The van der Waals surface area contributed by atoms with Crippen molar-refractivity contribution in [1.82, 2.24) is 10.6 Å². The summed E-state index contributed by atoms with van der Waals surface area (Å²) in [7, 11) is 0. The molecule has 6 nitrogen and oxygen atoms in total. The zero-order chi connectivity index (χ0) is 18.9. The van der Waals surface area contributed by atoms with E-state index in [-0.39, 0.29) is 48.1 Å². The van der Waals surface area contributed by atoms with Crippen molar-refractivity contribution in [2.75, 3.05) is 18.4 Å². The number of guanidine groups is 1. The second-order valence-electron chi connectivity index (χ2n) is 6.84. The fraction of sp³-hybridized carbons (Fsp3) is 0.474. The van der Waals surface area contributed by atoms with Crippen LogP contribution in [0.3, 0.4) is 0 Å². The number of hydrogen-bond acceptors (Lipinski definition) is 3. The third kappa shape index (κ3) is 10.8.